The van der Waals surface area contributed by atoms with E-state index < -0.39 is 24.1 Å². The van der Waals surface area contributed by atoms with E-state index in [4.69, 9.17) is 20.9 Å². The van der Waals surface area contributed by atoms with E-state index in [0.29, 0.717) is 0 Å². The molecule has 0 aromatic carbocycles. The molecular formula is C12H20N2O4. The standard InChI is InChI=1S/C12H20N2O4/c1-9(17-11(15)5-3-7-13)10(2)18-12(16)6-4-8-14/h3-6,9-10H,7-8,13-14H2,1-2H3. The summed E-state index contributed by atoms with van der Waals surface area (Å²) in [6, 6.07) is 0. The van der Waals surface area contributed by atoms with Crippen molar-refractivity contribution in [1.29, 1.82) is 0 Å². The lowest BCUT2D eigenvalue weighted by Crippen LogP contribution is -2.29. The highest BCUT2D eigenvalue weighted by molar-refractivity contribution is 5.83. The zero-order chi connectivity index (χ0) is 14.0. The smallest absolute Gasteiger partial charge is 0.330 e. The van der Waals surface area contributed by atoms with Crippen molar-refractivity contribution < 1.29 is 19.1 Å². The lowest BCUT2D eigenvalue weighted by atomic mass is 10.2. The van der Waals surface area contributed by atoms with Crippen LogP contribution in [0.15, 0.2) is 24.3 Å². The third-order valence-electron chi connectivity index (χ3n) is 2.05. The van der Waals surface area contributed by atoms with E-state index in [2.05, 4.69) is 0 Å². The Kier molecular flexibility index (Phi) is 8.51. The van der Waals surface area contributed by atoms with Crippen molar-refractivity contribution in [2.45, 2.75) is 26.1 Å². The zero-order valence-corrected chi connectivity index (χ0v) is 10.7. The normalized spacial score (nSPS) is 14.7. The molecule has 102 valence electrons. The van der Waals surface area contributed by atoms with Crippen LogP contribution < -0.4 is 11.5 Å². The van der Waals surface area contributed by atoms with E-state index in [-0.39, 0.29) is 13.1 Å². The Morgan fingerprint density at radius 1 is 0.944 bits per heavy atom. The molecule has 0 aliphatic rings. The molecule has 0 radical (unpaired) electrons. The number of ether oxygens (including phenoxy) is 2. The fraction of sp³-hybridized carbons (Fsp3) is 0.500. The van der Waals surface area contributed by atoms with Gasteiger partial charge in [0.15, 0.2) is 0 Å². The first-order valence-corrected chi connectivity index (χ1v) is 5.65. The van der Waals surface area contributed by atoms with Gasteiger partial charge in [-0.05, 0) is 13.8 Å². The van der Waals surface area contributed by atoms with Crippen molar-refractivity contribution in [3.63, 3.8) is 0 Å². The Morgan fingerprint density at radius 2 is 1.28 bits per heavy atom. The van der Waals surface area contributed by atoms with Crippen LogP contribution in [-0.2, 0) is 19.1 Å². The van der Waals surface area contributed by atoms with Crippen LogP contribution in [0, 0.1) is 0 Å². The second-order valence-electron chi connectivity index (χ2n) is 3.56. The molecule has 0 saturated carbocycles. The van der Waals surface area contributed by atoms with Crippen molar-refractivity contribution in [1.82, 2.24) is 0 Å². The van der Waals surface area contributed by atoms with Gasteiger partial charge in [-0.2, -0.15) is 0 Å². The van der Waals surface area contributed by atoms with Gasteiger partial charge in [0.05, 0.1) is 0 Å². The van der Waals surface area contributed by atoms with E-state index in [9.17, 15) is 9.59 Å². The van der Waals surface area contributed by atoms with Crippen molar-refractivity contribution in [3.8, 4) is 0 Å². The van der Waals surface area contributed by atoms with Gasteiger partial charge < -0.3 is 20.9 Å². The molecule has 6 nitrogen and oxygen atoms in total. The molecule has 6 heteroatoms. The number of esters is 2. The third kappa shape index (κ3) is 7.59. The summed E-state index contributed by atoms with van der Waals surface area (Å²) in [6.45, 7) is 3.80. The first-order valence-electron chi connectivity index (χ1n) is 5.65. The lowest BCUT2D eigenvalue weighted by molar-refractivity contribution is -0.158. The lowest BCUT2D eigenvalue weighted by Gasteiger charge is -2.19. The van der Waals surface area contributed by atoms with Crippen molar-refractivity contribution in [3.05, 3.63) is 24.3 Å². The number of rotatable bonds is 7. The van der Waals surface area contributed by atoms with Gasteiger partial charge in [0, 0.05) is 25.2 Å². The van der Waals surface area contributed by atoms with E-state index in [1.54, 1.807) is 13.8 Å². The van der Waals surface area contributed by atoms with Crippen LogP contribution in [0.4, 0.5) is 0 Å². The zero-order valence-electron chi connectivity index (χ0n) is 10.7. The van der Waals surface area contributed by atoms with Gasteiger partial charge in [0.2, 0.25) is 0 Å². The minimum Gasteiger partial charge on any atom is -0.456 e. The molecule has 18 heavy (non-hydrogen) atoms. The van der Waals surface area contributed by atoms with Gasteiger partial charge in [-0.3, -0.25) is 0 Å². The second-order valence-corrected chi connectivity index (χ2v) is 3.56. The molecule has 0 aliphatic carbocycles. The van der Waals surface area contributed by atoms with Gasteiger partial charge in [-0.1, -0.05) is 12.2 Å². The minimum absolute atomic E-state index is 0.262. The molecule has 0 spiro atoms. The minimum atomic E-state index is -0.546. The van der Waals surface area contributed by atoms with Gasteiger partial charge in [-0.15, -0.1) is 0 Å². The summed E-state index contributed by atoms with van der Waals surface area (Å²) in [5.74, 6) is -1.04. The fourth-order valence-electron chi connectivity index (χ4n) is 0.965. The van der Waals surface area contributed by atoms with Crippen LogP contribution in [-0.4, -0.2) is 37.2 Å². The molecule has 4 N–H and O–H groups in total. The molecule has 0 aliphatic heterocycles. The van der Waals surface area contributed by atoms with Crippen LogP contribution in [0.1, 0.15) is 13.8 Å². The SMILES string of the molecule is CC(OC(=O)C=CCN)C(C)OC(=O)C=CCN. The van der Waals surface area contributed by atoms with Crippen LogP contribution in [0.3, 0.4) is 0 Å². The average molecular weight is 256 g/mol. The molecule has 0 rings (SSSR count). The molecule has 0 amide bonds. The Morgan fingerprint density at radius 3 is 1.56 bits per heavy atom. The van der Waals surface area contributed by atoms with Gasteiger partial charge in [0.25, 0.3) is 0 Å². The number of hydrogen-bond acceptors (Lipinski definition) is 6. The van der Waals surface area contributed by atoms with E-state index in [1.807, 2.05) is 0 Å². The summed E-state index contributed by atoms with van der Waals surface area (Å²) in [7, 11) is 0. The third-order valence-corrected chi connectivity index (χ3v) is 2.05. The Labute approximate surface area is 107 Å². The first-order chi connectivity index (χ1) is 8.51. The van der Waals surface area contributed by atoms with Crippen LogP contribution >= 0.6 is 0 Å². The number of carbonyl (C=O) groups is 2. The second kappa shape index (κ2) is 9.38. The highest BCUT2D eigenvalue weighted by Crippen LogP contribution is 2.04. The molecule has 0 aromatic heterocycles. The maximum absolute atomic E-state index is 11.2. The summed E-state index contributed by atoms with van der Waals surface area (Å²) >= 11 is 0. The van der Waals surface area contributed by atoms with E-state index >= 15 is 0 Å². The quantitative estimate of drug-likeness (QED) is 0.486. The van der Waals surface area contributed by atoms with Crippen LogP contribution in [0.25, 0.3) is 0 Å². The number of carbonyl (C=O) groups excluding carboxylic acids is 2. The molecule has 0 saturated heterocycles. The molecular weight excluding hydrogens is 236 g/mol. The summed E-state index contributed by atoms with van der Waals surface area (Å²) < 4.78 is 10.0. The fourth-order valence-corrected chi connectivity index (χ4v) is 0.965. The highest BCUT2D eigenvalue weighted by atomic mass is 16.6. The van der Waals surface area contributed by atoms with Crippen LogP contribution in [0.5, 0.6) is 0 Å². The highest BCUT2D eigenvalue weighted by Gasteiger charge is 2.18. The van der Waals surface area contributed by atoms with E-state index in [0.717, 1.165) is 0 Å². The number of hydrogen-bond donors (Lipinski definition) is 2. The topological polar surface area (TPSA) is 105 Å². The predicted molar refractivity (Wildman–Crippen MR) is 67.5 cm³/mol. The maximum Gasteiger partial charge on any atom is 0.330 e. The first kappa shape index (κ1) is 16.3. The predicted octanol–water partition coefficient (Wildman–Crippen LogP) is -0.120. The van der Waals surface area contributed by atoms with Crippen molar-refractivity contribution >= 4 is 11.9 Å². The summed E-state index contributed by atoms with van der Waals surface area (Å²) in [4.78, 5) is 22.5. The summed E-state index contributed by atoms with van der Waals surface area (Å²) in [5.41, 5.74) is 10.4. The van der Waals surface area contributed by atoms with Gasteiger partial charge in [-0.25, -0.2) is 9.59 Å². The molecule has 2 atom stereocenters. The van der Waals surface area contributed by atoms with E-state index in [1.165, 1.54) is 24.3 Å². The number of nitrogens with two attached hydrogens (primary N) is 2. The largest absolute Gasteiger partial charge is 0.456 e. The Balaban J connectivity index is 4.13. The molecule has 0 aromatic rings. The maximum atomic E-state index is 11.2. The monoisotopic (exact) mass is 256 g/mol. The average Bonchev–Trinajstić information content (AvgIpc) is 2.33. The molecule has 0 fully saturated rings. The molecule has 0 heterocycles. The molecule has 0 bridgehead atoms. The van der Waals surface area contributed by atoms with Crippen molar-refractivity contribution in [2.75, 3.05) is 13.1 Å². The van der Waals surface area contributed by atoms with Gasteiger partial charge >= 0.3 is 11.9 Å². The summed E-state index contributed by atoms with van der Waals surface area (Å²) in [5, 5.41) is 0. The molecule has 2 unspecified atom stereocenters. The van der Waals surface area contributed by atoms with Crippen molar-refractivity contribution in [2.24, 2.45) is 11.5 Å². The summed E-state index contributed by atoms with van der Waals surface area (Å²) in [6.07, 6.45) is 4.34. The van der Waals surface area contributed by atoms with Crippen LogP contribution in [0.2, 0.25) is 0 Å². The Bertz CT molecular complexity index is 294. The Hall–Kier alpha value is -1.66. The van der Waals surface area contributed by atoms with Gasteiger partial charge in [0.1, 0.15) is 12.2 Å².